The Labute approximate surface area is 123 Å². The largest absolute Gasteiger partial charge is 0.463 e. The van der Waals surface area contributed by atoms with E-state index in [1.54, 1.807) is 12.3 Å². The Morgan fingerprint density at radius 2 is 2.19 bits per heavy atom. The Bertz CT molecular complexity index is 931. The highest BCUT2D eigenvalue weighted by molar-refractivity contribution is 7.22. The molecule has 4 rings (SSSR count). The first-order chi connectivity index (χ1) is 10.2. The van der Waals surface area contributed by atoms with Crippen LogP contribution in [0.4, 0.5) is 5.13 Å². The fraction of sp³-hybridized carbons (Fsp3) is 0.0667. The van der Waals surface area contributed by atoms with Gasteiger partial charge in [-0.3, -0.25) is 10.1 Å². The summed E-state index contributed by atoms with van der Waals surface area (Å²) in [5.41, 5.74) is 3.03. The molecule has 0 radical (unpaired) electrons. The minimum absolute atomic E-state index is 0.192. The molecule has 0 spiro atoms. The summed E-state index contributed by atoms with van der Waals surface area (Å²) in [6.07, 6.45) is 1.61. The smallest absolute Gasteiger partial charge is 0.274 e. The Kier molecular flexibility index (Phi) is 2.58. The van der Waals surface area contributed by atoms with Crippen molar-refractivity contribution in [2.24, 2.45) is 7.05 Å². The number of rotatable bonds is 2. The van der Waals surface area contributed by atoms with Gasteiger partial charge in [0.25, 0.3) is 5.91 Å². The molecule has 5 nitrogen and oxygen atoms in total. The van der Waals surface area contributed by atoms with E-state index in [0.717, 1.165) is 15.7 Å². The van der Waals surface area contributed by atoms with Crippen LogP contribution in [0, 0.1) is 0 Å². The van der Waals surface area contributed by atoms with Gasteiger partial charge in [0.1, 0.15) is 5.69 Å². The van der Waals surface area contributed by atoms with Crippen molar-refractivity contribution in [3.8, 4) is 0 Å². The summed E-state index contributed by atoms with van der Waals surface area (Å²) in [5.74, 6) is -0.192. The molecule has 104 valence electrons. The van der Waals surface area contributed by atoms with Gasteiger partial charge in [-0.1, -0.05) is 23.5 Å². The molecule has 0 atom stereocenters. The third-order valence-electron chi connectivity index (χ3n) is 3.41. The highest BCUT2D eigenvalue weighted by Crippen LogP contribution is 2.26. The average Bonchev–Trinajstić information content (AvgIpc) is 3.14. The minimum atomic E-state index is -0.192. The van der Waals surface area contributed by atoms with Gasteiger partial charge in [-0.15, -0.1) is 0 Å². The Hall–Kier alpha value is -2.60. The summed E-state index contributed by atoms with van der Waals surface area (Å²) in [6, 6.07) is 11.4. The number of para-hydroxylation sites is 1. The van der Waals surface area contributed by atoms with Crippen LogP contribution in [0.5, 0.6) is 0 Å². The molecule has 1 N–H and O–H groups in total. The van der Waals surface area contributed by atoms with E-state index in [1.165, 1.54) is 11.3 Å². The van der Waals surface area contributed by atoms with Crippen molar-refractivity contribution in [2.45, 2.75) is 0 Å². The highest BCUT2D eigenvalue weighted by Gasteiger charge is 2.16. The lowest BCUT2D eigenvalue weighted by atomic mass is 10.3. The van der Waals surface area contributed by atoms with E-state index in [2.05, 4.69) is 10.3 Å². The Balaban J connectivity index is 1.68. The van der Waals surface area contributed by atoms with E-state index in [9.17, 15) is 4.79 Å². The number of furan rings is 1. The number of anilines is 1. The van der Waals surface area contributed by atoms with Gasteiger partial charge in [-0.05, 0) is 12.1 Å². The molecule has 3 heterocycles. The van der Waals surface area contributed by atoms with E-state index >= 15 is 0 Å². The molecule has 3 aromatic heterocycles. The number of nitrogens with zero attached hydrogens (tertiary/aromatic N) is 2. The number of nitrogens with one attached hydrogen (secondary N) is 1. The topological polar surface area (TPSA) is 60.1 Å². The molecule has 21 heavy (non-hydrogen) atoms. The van der Waals surface area contributed by atoms with E-state index in [-0.39, 0.29) is 5.91 Å². The summed E-state index contributed by atoms with van der Waals surface area (Å²) in [7, 11) is 1.84. The zero-order valence-electron chi connectivity index (χ0n) is 11.2. The van der Waals surface area contributed by atoms with E-state index in [0.29, 0.717) is 16.4 Å². The molecule has 1 aromatic carbocycles. The van der Waals surface area contributed by atoms with Crippen LogP contribution in [-0.4, -0.2) is 15.5 Å². The van der Waals surface area contributed by atoms with Crippen LogP contribution in [0.15, 0.2) is 47.1 Å². The third kappa shape index (κ3) is 1.92. The molecule has 0 bridgehead atoms. The molecular weight excluding hydrogens is 286 g/mol. The maximum Gasteiger partial charge on any atom is 0.274 e. The summed E-state index contributed by atoms with van der Waals surface area (Å²) in [4.78, 5) is 16.8. The summed E-state index contributed by atoms with van der Waals surface area (Å²) >= 11 is 1.46. The molecule has 0 unspecified atom stereocenters. The third-order valence-corrected chi connectivity index (χ3v) is 4.36. The normalized spacial score (nSPS) is 11.3. The number of hydrogen-bond acceptors (Lipinski definition) is 4. The van der Waals surface area contributed by atoms with E-state index < -0.39 is 0 Å². The lowest BCUT2D eigenvalue weighted by molar-refractivity contribution is 0.101. The molecule has 0 fully saturated rings. The molecule has 6 heteroatoms. The highest BCUT2D eigenvalue weighted by atomic mass is 32.1. The summed E-state index contributed by atoms with van der Waals surface area (Å²) in [5, 5.41) is 3.44. The van der Waals surface area contributed by atoms with Crippen LogP contribution in [-0.2, 0) is 7.05 Å². The Morgan fingerprint density at radius 1 is 1.33 bits per heavy atom. The zero-order chi connectivity index (χ0) is 14.4. The second-order valence-corrected chi connectivity index (χ2v) is 5.73. The molecular formula is C15H11N3O2S. The van der Waals surface area contributed by atoms with Crippen molar-refractivity contribution in [1.82, 2.24) is 9.55 Å². The molecule has 0 aliphatic rings. The molecule has 0 saturated heterocycles. The lowest BCUT2D eigenvalue weighted by Gasteiger charge is -2.02. The molecule has 1 amide bonds. The fourth-order valence-corrected chi connectivity index (χ4v) is 3.22. The zero-order valence-corrected chi connectivity index (χ0v) is 12.0. The first-order valence-electron chi connectivity index (χ1n) is 6.42. The molecule has 0 saturated carbocycles. The Morgan fingerprint density at radius 3 is 3.00 bits per heavy atom. The summed E-state index contributed by atoms with van der Waals surface area (Å²) < 4.78 is 8.17. The molecule has 4 aromatic rings. The second kappa shape index (κ2) is 4.46. The van der Waals surface area contributed by atoms with Crippen molar-refractivity contribution in [3.63, 3.8) is 0 Å². The van der Waals surface area contributed by atoms with Crippen LogP contribution in [0.3, 0.4) is 0 Å². The van der Waals surface area contributed by atoms with Crippen molar-refractivity contribution in [1.29, 1.82) is 0 Å². The lowest BCUT2D eigenvalue weighted by Crippen LogP contribution is -2.15. The number of aromatic nitrogens is 2. The number of carbonyl (C=O) groups excluding carboxylic acids is 1. The number of hydrogen-bond donors (Lipinski definition) is 1. The van der Waals surface area contributed by atoms with E-state index in [4.69, 9.17) is 4.42 Å². The van der Waals surface area contributed by atoms with Gasteiger partial charge >= 0.3 is 0 Å². The standard InChI is InChI=1S/C15H11N3O2S/c1-18-10-6-7-20-12(10)8-11(18)14(19)17-15-16-9-4-2-3-5-13(9)21-15/h2-8H,1H3,(H,16,17,19). The van der Waals surface area contributed by atoms with Crippen LogP contribution in [0.25, 0.3) is 21.3 Å². The SMILES string of the molecule is Cn1c(C(=O)Nc2nc3ccccc3s2)cc2occc21. The van der Waals surface area contributed by atoms with Crippen molar-refractivity contribution >= 4 is 43.7 Å². The molecule has 0 aliphatic carbocycles. The fourth-order valence-electron chi connectivity index (χ4n) is 2.35. The van der Waals surface area contributed by atoms with Gasteiger partial charge < -0.3 is 8.98 Å². The van der Waals surface area contributed by atoms with Crippen molar-refractivity contribution < 1.29 is 9.21 Å². The minimum Gasteiger partial charge on any atom is -0.463 e. The van der Waals surface area contributed by atoms with Crippen LogP contribution >= 0.6 is 11.3 Å². The summed E-state index contributed by atoms with van der Waals surface area (Å²) in [6.45, 7) is 0. The van der Waals surface area contributed by atoms with Gasteiger partial charge in [-0.25, -0.2) is 4.98 Å². The van der Waals surface area contributed by atoms with Crippen LogP contribution < -0.4 is 5.32 Å². The first kappa shape index (κ1) is 12.2. The van der Waals surface area contributed by atoms with Gasteiger partial charge in [0.2, 0.25) is 0 Å². The quantitative estimate of drug-likeness (QED) is 0.614. The molecule has 0 aliphatic heterocycles. The van der Waals surface area contributed by atoms with E-state index in [1.807, 2.05) is 41.9 Å². The predicted molar refractivity (Wildman–Crippen MR) is 82.8 cm³/mol. The van der Waals surface area contributed by atoms with Gasteiger partial charge in [-0.2, -0.15) is 0 Å². The van der Waals surface area contributed by atoms with Crippen molar-refractivity contribution in [3.05, 3.63) is 48.4 Å². The number of fused-ring (bicyclic) bond motifs is 2. The maximum atomic E-state index is 12.4. The van der Waals surface area contributed by atoms with Gasteiger partial charge in [0, 0.05) is 19.2 Å². The first-order valence-corrected chi connectivity index (χ1v) is 7.24. The van der Waals surface area contributed by atoms with Crippen molar-refractivity contribution in [2.75, 3.05) is 5.32 Å². The van der Waals surface area contributed by atoms with Gasteiger partial charge in [0.15, 0.2) is 10.7 Å². The number of amides is 1. The average molecular weight is 297 g/mol. The monoisotopic (exact) mass is 297 g/mol. The predicted octanol–water partition coefficient (Wildman–Crippen LogP) is 3.63. The number of thiazole rings is 1. The van der Waals surface area contributed by atoms with Crippen LogP contribution in [0.2, 0.25) is 0 Å². The van der Waals surface area contributed by atoms with Crippen LogP contribution in [0.1, 0.15) is 10.5 Å². The second-order valence-electron chi connectivity index (χ2n) is 4.70. The number of benzene rings is 1. The number of aryl methyl sites for hydroxylation is 1. The maximum absolute atomic E-state index is 12.4. The van der Waals surface area contributed by atoms with Gasteiger partial charge in [0.05, 0.1) is 22.0 Å². The number of carbonyl (C=O) groups is 1.